The highest BCUT2D eigenvalue weighted by Gasteiger charge is 2.41. The van der Waals surface area contributed by atoms with Gasteiger partial charge in [-0.15, -0.1) is 11.3 Å². The van der Waals surface area contributed by atoms with E-state index in [9.17, 15) is 26.3 Å². The Bertz CT molecular complexity index is 965. The molecule has 1 atom stereocenters. The highest BCUT2D eigenvalue weighted by atomic mass is 32.1. The Hall–Kier alpha value is -2.71. The molecule has 4 heterocycles. The number of carboxylic acids is 2. The summed E-state index contributed by atoms with van der Waals surface area (Å²) in [6.45, 7) is 7.14. The fraction of sp³-hybridized carbons (Fsp3) is 0.522. The average molecular weight is 556 g/mol. The molecule has 0 bridgehead atoms. The van der Waals surface area contributed by atoms with Crippen molar-refractivity contribution in [3.8, 4) is 0 Å². The topological polar surface area (TPSA) is 94.0 Å². The number of alkyl halides is 6. The van der Waals surface area contributed by atoms with Crippen LogP contribution >= 0.6 is 11.3 Å². The molecule has 0 radical (unpaired) electrons. The van der Waals surface area contributed by atoms with E-state index in [1.54, 1.807) is 0 Å². The van der Waals surface area contributed by atoms with Gasteiger partial charge in [-0.1, -0.05) is 12.1 Å². The number of likely N-dealkylation sites (tertiary alicyclic amines) is 2. The zero-order chi connectivity index (χ0) is 27.7. The second-order valence-corrected chi connectivity index (χ2v) is 9.81. The molecular weight excluding hydrogens is 528 g/mol. The maximum atomic E-state index is 10.6. The molecule has 2 aliphatic rings. The van der Waals surface area contributed by atoms with E-state index >= 15 is 0 Å². The van der Waals surface area contributed by atoms with E-state index < -0.39 is 24.3 Å². The van der Waals surface area contributed by atoms with E-state index in [0.29, 0.717) is 5.41 Å². The number of halogens is 6. The number of hydrogen-bond donors (Lipinski definition) is 2. The molecule has 2 saturated heterocycles. The Morgan fingerprint density at radius 1 is 0.892 bits per heavy atom. The number of pyridine rings is 1. The number of aliphatic carboxylic acids is 2. The quantitative estimate of drug-likeness (QED) is 0.519. The van der Waals surface area contributed by atoms with Crippen LogP contribution in [0.1, 0.15) is 29.8 Å². The van der Waals surface area contributed by atoms with Crippen LogP contribution in [0, 0.1) is 5.41 Å². The number of aromatic nitrogens is 1. The first-order valence-electron chi connectivity index (χ1n) is 11.2. The Morgan fingerprint density at radius 3 is 1.97 bits per heavy atom. The third-order valence-electron chi connectivity index (χ3n) is 5.81. The van der Waals surface area contributed by atoms with Gasteiger partial charge in [0.25, 0.3) is 0 Å². The average Bonchev–Trinajstić information content (AvgIpc) is 3.45. The summed E-state index contributed by atoms with van der Waals surface area (Å²) in [6, 6.07) is 10.7. The van der Waals surface area contributed by atoms with Crippen molar-refractivity contribution >= 4 is 23.3 Å². The van der Waals surface area contributed by atoms with Gasteiger partial charge < -0.3 is 10.2 Å². The largest absolute Gasteiger partial charge is 0.490 e. The Kier molecular flexibility index (Phi) is 10.9. The first kappa shape index (κ1) is 30.5. The Balaban J connectivity index is 0.000000286. The number of rotatable bonds is 4. The summed E-state index contributed by atoms with van der Waals surface area (Å²) in [5.74, 6) is -5.51. The van der Waals surface area contributed by atoms with Gasteiger partial charge in [0.2, 0.25) is 0 Å². The first-order valence-corrected chi connectivity index (χ1v) is 12.1. The second kappa shape index (κ2) is 13.2. The van der Waals surface area contributed by atoms with Crippen LogP contribution in [-0.4, -0.2) is 75.5 Å². The molecule has 7 nitrogen and oxygen atoms in total. The van der Waals surface area contributed by atoms with Crippen molar-refractivity contribution in [3.63, 3.8) is 0 Å². The number of carbonyl (C=O) groups is 2. The monoisotopic (exact) mass is 555 g/mol. The standard InChI is InChI=1S/C19H25N3S.2C2HF3O2/c1-2-9-20-17(5-1)13-21-10-4-7-19(15-21)8-11-22(16-19)14-18-6-3-12-23-18;2*3-2(4,5)1(6)7/h1-3,5-6,9,12H,4,7-8,10-11,13-16H2;2*(H,6,7). The Morgan fingerprint density at radius 2 is 1.49 bits per heavy atom. The molecule has 2 aromatic rings. The summed E-state index contributed by atoms with van der Waals surface area (Å²) in [6.07, 6.45) is -4.17. The van der Waals surface area contributed by atoms with E-state index in [0.717, 1.165) is 13.1 Å². The van der Waals surface area contributed by atoms with Gasteiger partial charge in [-0.3, -0.25) is 14.8 Å². The van der Waals surface area contributed by atoms with Crippen LogP contribution in [0.15, 0.2) is 41.9 Å². The Labute approximate surface area is 213 Å². The molecule has 206 valence electrons. The van der Waals surface area contributed by atoms with Crippen LogP contribution in [0.3, 0.4) is 0 Å². The molecule has 2 aromatic heterocycles. The van der Waals surface area contributed by atoms with Gasteiger partial charge in [0, 0.05) is 37.3 Å². The summed E-state index contributed by atoms with van der Waals surface area (Å²) >= 11 is 1.89. The summed E-state index contributed by atoms with van der Waals surface area (Å²) in [5.41, 5.74) is 1.72. The minimum absolute atomic E-state index is 0.518. The van der Waals surface area contributed by atoms with Crippen molar-refractivity contribution in [2.24, 2.45) is 5.41 Å². The molecule has 2 aliphatic heterocycles. The van der Waals surface area contributed by atoms with Crippen molar-refractivity contribution in [1.29, 1.82) is 0 Å². The van der Waals surface area contributed by atoms with Crippen LogP contribution in [0.25, 0.3) is 0 Å². The number of hydrogen-bond acceptors (Lipinski definition) is 6. The van der Waals surface area contributed by atoms with Crippen LogP contribution in [0.5, 0.6) is 0 Å². The van der Waals surface area contributed by atoms with Gasteiger partial charge in [-0.2, -0.15) is 26.3 Å². The summed E-state index contributed by atoms with van der Waals surface area (Å²) in [4.78, 5) is 29.1. The fourth-order valence-corrected chi connectivity index (χ4v) is 5.03. The van der Waals surface area contributed by atoms with E-state index in [-0.39, 0.29) is 0 Å². The first-order chi connectivity index (χ1) is 17.2. The maximum absolute atomic E-state index is 10.6. The number of carboxylic acid groups (broad SMARTS) is 2. The zero-order valence-electron chi connectivity index (χ0n) is 19.6. The van der Waals surface area contributed by atoms with Gasteiger partial charge >= 0.3 is 24.3 Å². The maximum Gasteiger partial charge on any atom is 0.490 e. The van der Waals surface area contributed by atoms with Crippen LogP contribution < -0.4 is 0 Å². The van der Waals surface area contributed by atoms with Gasteiger partial charge in [0.05, 0.1) is 5.69 Å². The molecule has 0 saturated carbocycles. The number of nitrogens with zero attached hydrogens (tertiary/aromatic N) is 3. The molecule has 0 amide bonds. The van der Waals surface area contributed by atoms with E-state index in [1.807, 2.05) is 23.6 Å². The van der Waals surface area contributed by atoms with E-state index in [1.165, 1.54) is 56.0 Å². The minimum Gasteiger partial charge on any atom is -0.475 e. The minimum atomic E-state index is -5.08. The molecule has 1 unspecified atom stereocenters. The summed E-state index contributed by atoms with van der Waals surface area (Å²) in [7, 11) is 0. The molecule has 2 fully saturated rings. The fourth-order valence-electron chi connectivity index (χ4n) is 4.28. The van der Waals surface area contributed by atoms with Crippen molar-refractivity contribution in [2.75, 3.05) is 26.2 Å². The lowest BCUT2D eigenvalue weighted by Crippen LogP contribution is -2.44. The van der Waals surface area contributed by atoms with Crippen molar-refractivity contribution < 1.29 is 46.1 Å². The van der Waals surface area contributed by atoms with Crippen molar-refractivity contribution in [1.82, 2.24) is 14.8 Å². The molecule has 1 spiro atoms. The van der Waals surface area contributed by atoms with Crippen molar-refractivity contribution in [2.45, 2.75) is 44.7 Å². The molecule has 14 heteroatoms. The smallest absolute Gasteiger partial charge is 0.475 e. The molecular formula is C23H27F6N3O4S. The summed E-state index contributed by atoms with van der Waals surface area (Å²) < 4.78 is 63.5. The van der Waals surface area contributed by atoms with Gasteiger partial charge in [-0.05, 0) is 61.3 Å². The lowest BCUT2D eigenvalue weighted by atomic mass is 9.79. The zero-order valence-corrected chi connectivity index (χ0v) is 20.5. The predicted molar refractivity (Wildman–Crippen MR) is 123 cm³/mol. The van der Waals surface area contributed by atoms with Crippen LogP contribution in [0.2, 0.25) is 0 Å². The van der Waals surface area contributed by atoms with Crippen LogP contribution in [0.4, 0.5) is 26.3 Å². The third-order valence-corrected chi connectivity index (χ3v) is 6.68. The molecule has 4 rings (SSSR count). The highest BCUT2D eigenvalue weighted by molar-refractivity contribution is 7.09. The van der Waals surface area contributed by atoms with Gasteiger partial charge in [-0.25, -0.2) is 9.59 Å². The molecule has 37 heavy (non-hydrogen) atoms. The van der Waals surface area contributed by atoms with E-state index in [2.05, 4.69) is 44.4 Å². The third kappa shape index (κ3) is 10.7. The second-order valence-electron chi connectivity index (χ2n) is 8.78. The molecule has 2 N–H and O–H groups in total. The predicted octanol–water partition coefficient (Wildman–Crippen LogP) is 4.90. The number of thiophene rings is 1. The lowest BCUT2D eigenvalue weighted by molar-refractivity contribution is -0.193. The highest BCUT2D eigenvalue weighted by Crippen LogP contribution is 2.40. The lowest BCUT2D eigenvalue weighted by Gasteiger charge is -2.40. The normalized spacial score (nSPS) is 20.5. The van der Waals surface area contributed by atoms with Crippen molar-refractivity contribution in [3.05, 3.63) is 52.5 Å². The van der Waals surface area contributed by atoms with Gasteiger partial charge in [0.15, 0.2) is 0 Å². The molecule has 0 aliphatic carbocycles. The van der Waals surface area contributed by atoms with Gasteiger partial charge in [0.1, 0.15) is 0 Å². The molecule has 0 aromatic carbocycles. The SMILES string of the molecule is O=C(O)C(F)(F)F.O=C(O)C(F)(F)F.c1ccc(CN2CCCC3(CCN(Cc4cccs4)C3)C2)nc1. The van der Waals surface area contributed by atoms with Crippen LogP contribution in [-0.2, 0) is 22.7 Å². The summed E-state index contributed by atoms with van der Waals surface area (Å²) in [5, 5.41) is 16.4. The van der Waals surface area contributed by atoms with E-state index in [4.69, 9.17) is 19.8 Å². The number of piperidine rings is 1.